The molecule has 0 spiro atoms. The molecule has 5 nitrogen and oxygen atoms in total. The Hall–Kier alpha value is -3.05. The minimum absolute atomic E-state index is 0.0188. The predicted molar refractivity (Wildman–Crippen MR) is 201 cm³/mol. The second kappa shape index (κ2) is 26.9. The highest BCUT2D eigenvalue weighted by Crippen LogP contribution is 2.25. The number of rotatable bonds is 30. The third kappa shape index (κ3) is 18.5. The van der Waals surface area contributed by atoms with E-state index in [9.17, 15) is 9.90 Å². The van der Waals surface area contributed by atoms with E-state index in [1.807, 2.05) is 67.3 Å². The summed E-state index contributed by atoms with van der Waals surface area (Å²) in [7, 11) is 0. The largest absolute Gasteiger partial charge is 0.481 e. The molecule has 48 heavy (non-hydrogen) atoms. The number of nitrogens with zero attached hydrogens (tertiary/aromatic N) is 2. The first-order chi connectivity index (χ1) is 23.7. The Morgan fingerprint density at radius 3 is 1.42 bits per heavy atom. The fourth-order valence-corrected chi connectivity index (χ4v) is 6.95. The third-order valence-corrected chi connectivity index (χ3v) is 9.80. The second-order valence-corrected chi connectivity index (χ2v) is 13.9. The molecular formula is C43H65N3O2. The van der Waals surface area contributed by atoms with Gasteiger partial charge in [-0.3, -0.25) is 14.8 Å². The van der Waals surface area contributed by atoms with Gasteiger partial charge in [0, 0.05) is 30.8 Å². The minimum atomic E-state index is -0.712. The smallest absolute Gasteiger partial charge is 0.312 e. The van der Waals surface area contributed by atoms with Crippen molar-refractivity contribution in [3.05, 3.63) is 96.1 Å². The van der Waals surface area contributed by atoms with Crippen LogP contribution in [0.2, 0.25) is 0 Å². The lowest BCUT2D eigenvalue weighted by molar-refractivity contribution is -0.139. The van der Waals surface area contributed by atoms with Gasteiger partial charge in [-0.1, -0.05) is 152 Å². The molecule has 1 aromatic carbocycles. The van der Waals surface area contributed by atoms with Crippen LogP contribution < -0.4 is 5.32 Å². The van der Waals surface area contributed by atoms with Crippen LogP contribution in [-0.2, 0) is 17.6 Å². The van der Waals surface area contributed by atoms with Crippen molar-refractivity contribution < 1.29 is 9.90 Å². The Labute approximate surface area is 292 Å². The van der Waals surface area contributed by atoms with E-state index in [4.69, 9.17) is 0 Å². The molecule has 0 radical (unpaired) electrons. The Balaban J connectivity index is 1.21. The molecule has 0 bridgehead atoms. The number of aryl methyl sites for hydroxylation is 2. The molecule has 3 aromatic rings. The van der Waals surface area contributed by atoms with Gasteiger partial charge in [-0.2, -0.15) is 0 Å². The van der Waals surface area contributed by atoms with Gasteiger partial charge in [-0.05, 0) is 73.9 Å². The number of pyridine rings is 2. The summed E-state index contributed by atoms with van der Waals surface area (Å²) < 4.78 is 0. The fraction of sp³-hybridized carbons (Fsp3) is 0.605. The number of carboxylic acids is 1. The van der Waals surface area contributed by atoms with Crippen LogP contribution in [0.5, 0.6) is 0 Å². The highest BCUT2D eigenvalue weighted by Gasteiger charge is 2.29. The van der Waals surface area contributed by atoms with E-state index in [0.717, 1.165) is 44.2 Å². The topological polar surface area (TPSA) is 75.1 Å². The molecule has 2 N–H and O–H groups in total. The summed E-state index contributed by atoms with van der Waals surface area (Å²) >= 11 is 0. The van der Waals surface area contributed by atoms with Gasteiger partial charge in [0.05, 0.1) is 5.92 Å². The molecule has 0 fully saturated rings. The van der Waals surface area contributed by atoms with Crippen LogP contribution in [-0.4, -0.2) is 33.6 Å². The van der Waals surface area contributed by atoms with Gasteiger partial charge >= 0.3 is 5.97 Å². The highest BCUT2D eigenvalue weighted by atomic mass is 16.4. The van der Waals surface area contributed by atoms with E-state index in [1.165, 1.54) is 127 Å². The van der Waals surface area contributed by atoms with E-state index in [1.54, 1.807) is 0 Å². The molecule has 0 aliphatic heterocycles. The number of aromatic nitrogens is 2. The Morgan fingerprint density at radius 1 is 0.542 bits per heavy atom. The monoisotopic (exact) mass is 656 g/mol. The molecular weight excluding hydrogens is 590 g/mol. The van der Waals surface area contributed by atoms with Crippen molar-refractivity contribution in [1.29, 1.82) is 0 Å². The summed E-state index contributed by atoms with van der Waals surface area (Å²) in [6.45, 7) is 0.903. The molecule has 264 valence electrons. The van der Waals surface area contributed by atoms with Crippen LogP contribution in [0, 0.1) is 0 Å². The summed E-state index contributed by atoms with van der Waals surface area (Å²) in [4.78, 5) is 20.9. The molecule has 0 saturated carbocycles. The number of aliphatic carboxylic acids is 1. The number of nitrogens with one attached hydrogen (secondary N) is 1. The molecule has 0 aliphatic carbocycles. The van der Waals surface area contributed by atoms with Crippen molar-refractivity contribution in [3.8, 4) is 0 Å². The van der Waals surface area contributed by atoms with E-state index >= 15 is 0 Å². The molecule has 3 rings (SSSR count). The molecule has 0 unspecified atom stereocenters. The lowest BCUT2D eigenvalue weighted by Crippen LogP contribution is -2.39. The van der Waals surface area contributed by atoms with Gasteiger partial charge in [0.15, 0.2) is 0 Å². The highest BCUT2D eigenvalue weighted by molar-refractivity contribution is 5.77. The van der Waals surface area contributed by atoms with Crippen LogP contribution in [0.15, 0.2) is 79.4 Å². The van der Waals surface area contributed by atoms with Crippen LogP contribution in [0.4, 0.5) is 0 Å². The van der Waals surface area contributed by atoms with Crippen LogP contribution in [0.3, 0.4) is 0 Å². The first kappa shape index (κ1) is 39.4. The first-order valence-corrected chi connectivity index (χ1v) is 19.5. The Kier molecular flexibility index (Phi) is 22.0. The lowest BCUT2D eigenvalue weighted by atomic mass is 9.88. The summed E-state index contributed by atoms with van der Waals surface area (Å²) in [5, 5.41) is 13.9. The van der Waals surface area contributed by atoms with Gasteiger partial charge in [0.2, 0.25) is 0 Å². The van der Waals surface area contributed by atoms with Crippen molar-refractivity contribution >= 4 is 5.97 Å². The summed E-state index contributed by atoms with van der Waals surface area (Å²) in [6, 6.07) is 18.2. The molecule has 2 heterocycles. The van der Waals surface area contributed by atoms with Crippen molar-refractivity contribution in [2.45, 2.75) is 160 Å². The third-order valence-electron chi connectivity index (χ3n) is 9.80. The Morgan fingerprint density at radius 2 is 0.979 bits per heavy atom. The average molecular weight is 656 g/mol. The molecule has 2 aromatic heterocycles. The Bertz CT molecular complexity index is 1160. The number of carbonyl (C=O) groups is 1. The summed E-state index contributed by atoms with van der Waals surface area (Å²) in [5.41, 5.74) is 3.62. The van der Waals surface area contributed by atoms with Gasteiger partial charge < -0.3 is 10.4 Å². The summed E-state index contributed by atoms with van der Waals surface area (Å²) in [6.07, 6.45) is 36.5. The molecule has 0 saturated heterocycles. The van der Waals surface area contributed by atoms with E-state index < -0.39 is 11.9 Å². The molecule has 0 amide bonds. The zero-order valence-corrected chi connectivity index (χ0v) is 29.9. The fourth-order valence-electron chi connectivity index (χ4n) is 6.95. The quantitative estimate of drug-likeness (QED) is 0.0699. The zero-order chi connectivity index (χ0) is 33.7. The number of hydrogen-bond donors (Lipinski definition) is 2. The number of carboxylic acid groups (broad SMARTS) is 1. The van der Waals surface area contributed by atoms with E-state index in [0.29, 0.717) is 0 Å². The van der Waals surface area contributed by atoms with Crippen LogP contribution >= 0.6 is 0 Å². The standard InChI is InChI=1S/C43H65N3O2/c47-43(48)42(40-30-20-17-21-31-40)41(32-22-15-11-7-2-1-5-9-13-18-26-38-28-24-33-44-36-38)46-35-23-16-12-8-4-3-6-10-14-19-27-39-29-25-34-45-37-39/h17,20-21,24-25,28-31,33-34,36-37,41-42,46H,1-16,18-19,22-23,26-27,32,35H2,(H,47,48)/t41-,42-/m1/s1. The van der Waals surface area contributed by atoms with Crippen molar-refractivity contribution in [2.24, 2.45) is 0 Å². The van der Waals surface area contributed by atoms with Crippen molar-refractivity contribution in [2.75, 3.05) is 6.54 Å². The molecule has 5 heteroatoms. The SMILES string of the molecule is O=C(O)[C@H](c1ccccc1)[C@@H](CCCCCCCCCCCCc1cccnc1)NCCCCCCCCCCCCc1cccnc1. The maximum Gasteiger partial charge on any atom is 0.312 e. The second-order valence-electron chi connectivity index (χ2n) is 13.9. The number of benzene rings is 1. The molecule has 0 aliphatic rings. The predicted octanol–water partition coefficient (Wildman–Crippen LogP) is 11.3. The number of hydrogen-bond acceptors (Lipinski definition) is 4. The zero-order valence-electron chi connectivity index (χ0n) is 29.9. The maximum absolute atomic E-state index is 12.5. The van der Waals surface area contributed by atoms with Gasteiger partial charge in [-0.15, -0.1) is 0 Å². The van der Waals surface area contributed by atoms with Gasteiger partial charge in [-0.25, -0.2) is 0 Å². The lowest BCUT2D eigenvalue weighted by Gasteiger charge is -2.26. The van der Waals surface area contributed by atoms with Crippen LogP contribution in [0.25, 0.3) is 0 Å². The molecule has 2 atom stereocenters. The minimum Gasteiger partial charge on any atom is -0.481 e. The van der Waals surface area contributed by atoms with Gasteiger partial charge in [0.1, 0.15) is 0 Å². The normalized spacial score (nSPS) is 12.6. The van der Waals surface area contributed by atoms with E-state index in [-0.39, 0.29) is 6.04 Å². The number of unbranched alkanes of at least 4 members (excludes halogenated alkanes) is 18. The maximum atomic E-state index is 12.5. The van der Waals surface area contributed by atoms with Gasteiger partial charge in [0.25, 0.3) is 0 Å². The van der Waals surface area contributed by atoms with Crippen LogP contribution in [0.1, 0.15) is 157 Å². The van der Waals surface area contributed by atoms with E-state index in [2.05, 4.69) is 27.4 Å². The average Bonchev–Trinajstić information content (AvgIpc) is 3.11. The summed E-state index contributed by atoms with van der Waals surface area (Å²) in [5.74, 6) is -1.20. The van der Waals surface area contributed by atoms with Crippen molar-refractivity contribution in [1.82, 2.24) is 15.3 Å². The first-order valence-electron chi connectivity index (χ1n) is 19.5. The van der Waals surface area contributed by atoms with Crippen molar-refractivity contribution in [3.63, 3.8) is 0 Å².